The van der Waals surface area contributed by atoms with E-state index in [-0.39, 0.29) is 11.9 Å². The fourth-order valence-corrected chi connectivity index (χ4v) is 1.70. The van der Waals surface area contributed by atoms with Gasteiger partial charge in [0.05, 0.1) is 0 Å². The summed E-state index contributed by atoms with van der Waals surface area (Å²) in [6, 6.07) is 4.67. The number of rotatable bonds is 1. The molecular formula is C12H13FO. The first-order valence-electron chi connectivity index (χ1n) is 4.77. The van der Waals surface area contributed by atoms with Crippen LogP contribution in [0.15, 0.2) is 30.4 Å². The van der Waals surface area contributed by atoms with Gasteiger partial charge in [0.1, 0.15) is 17.7 Å². The molecular weight excluding hydrogens is 179 g/mol. The monoisotopic (exact) mass is 192 g/mol. The van der Waals surface area contributed by atoms with Crippen molar-refractivity contribution in [1.29, 1.82) is 0 Å². The van der Waals surface area contributed by atoms with E-state index >= 15 is 0 Å². The molecule has 0 spiro atoms. The second-order valence-corrected chi connectivity index (χ2v) is 3.74. The Labute approximate surface area is 83.2 Å². The largest absolute Gasteiger partial charge is 0.486 e. The van der Waals surface area contributed by atoms with Gasteiger partial charge < -0.3 is 4.74 Å². The summed E-state index contributed by atoms with van der Waals surface area (Å²) in [6.07, 6.45) is 1.85. The van der Waals surface area contributed by atoms with E-state index in [1.54, 1.807) is 12.1 Å². The van der Waals surface area contributed by atoms with Gasteiger partial charge in [0.2, 0.25) is 0 Å². The maximum absolute atomic E-state index is 12.9. The van der Waals surface area contributed by atoms with E-state index in [2.05, 4.69) is 6.58 Å². The summed E-state index contributed by atoms with van der Waals surface area (Å²) in [6.45, 7) is 5.83. The number of aryl methyl sites for hydroxylation is 1. The Balaban J connectivity index is 2.27. The molecule has 1 heterocycles. The number of fused-ring (bicyclic) bond motifs is 1. The summed E-state index contributed by atoms with van der Waals surface area (Å²) in [5.74, 6) is 0.603. The Morgan fingerprint density at radius 1 is 1.57 bits per heavy atom. The van der Waals surface area contributed by atoms with Crippen LogP contribution in [-0.4, -0.2) is 6.10 Å². The number of benzene rings is 1. The van der Waals surface area contributed by atoms with Crippen LogP contribution in [0.4, 0.5) is 4.39 Å². The molecule has 14 heavy (non-hydrogen) atoms. The summed E-state index contributed by atoms with van der Waals surface area (Å²) < 4.78 is 18.6. The van der Waals surface area contributed by atoms with Crippen LogP contribution in [0.5, 0.6) is 5.75 Å². The third-order valence-corrected chi connectivity index (χ3v) is 2.52. The highest BCUT2D eigenvalue weighted by atomic mass is 19.1. The molecule has 1 unspecified atom stereocenters. The van der Waals surface area contributed by atoms with Crippen LogP contribution in [-0.2, 0) is 6.42 Å². The Bertz CT molecular complexity index is 371. The van der Waals surface area contributed by atoms with E-state index < -0.39 is 0 Å². The number of hydrogen-bond donors (Lipinski definition) is 0. The van der Waals surface area contributed by atoms with Gasteiger partial charge >= 0.3 is 0 Å². The molecule has 1 aliphatic heterocycles. The second-order valence-electron chi connectivity index (χ2n) is 3.74. The molecule has 1 aromatic rings. The van der Waals surface area contributed by atoms with Gasteiger partial charge in [-0.2, -0.15) is 0 Å². The molecule has 1 nitrogen and oxygen atoms in total. The van der Waals surface area contributed by atoms with Gasteiger partial charge in [-0.3, -0.25) is 0 Å². The van der Waals surface area contributed by atoms with Crippen LogP contribution in [0.2, 0.25) is 0 Å². The lowest BCUT2D eigenvalue weighted by Crippen LogP contribution is -2.23. The van der Waals surface area contributed by atoms with Crippen molar-refractivity contribution in [2.45, 2.75) is 25.9 Å². The third kappa shape index (κ3) is 1.65. The van der Waals surface area contributed by atoms with Crippen LogP contribution in [0, 0.1) is 5.82 Å². The molecule has 2 rings (SSSR count). The predicted molar refractivity (Wildman–Crippen MR) is 54.0 cm³/mol. The zero-order chi connectivity index (χ0) is 10.1. The van der Waals surface area contributed by atoms with Crippen LogP contribution in [0.3, 0.4) is 0 Å². The molecule has 0 radical (unpaired) electrons. The molecule has 0 aliphatic carbocycles. The molecule has 0 amide bonds. The lowest BCUT2D eigenvalue weighted by Gasteiger charge is -2.26. The Kier molecular flexibility index (Phi) is 2.28. The normalized spacial score (nSPS) is 19.7. The summed E-state index contributed by atoms with van der Waals surface area (Å²) in [7, 11) is 0. The third-order valence-electron chi connectivity index (χ3n) is 2.52. The van der Waals surface area contributed by atoms with Crippen molar-refractivity contribution >= 4 is 0 Å². The van der Waals surface area contributed by atoms with Gasteiger partial charge in [-0.15, -0.1) is 0 Å². The SMILES string of the molecule is C=C(C)C1CCc2cc(F)ccc2O1. The standard InChI is InChI=1S/C12H13FO/c1-8(2)11-5-3-9-7-10(13)4-6-12(9)14-11/h4,6-7,11H,1,3,5H2,2H3. The van der Waals surface area contributed by atoms with Crippen molar-refractivity contribution in [2.75, 3.05) is 0 Å². The van der Waals surface area contributed by atoms with E-state index in [1.807, 2.05) is 6.92 Å². The zero-order valence-corrected chi connectivity index (χ0v) is 8.22. The average molecular weight is 192 g/mol. The van der Waals surface area contributed by atoms with Crippen molar-refractivity contribution < 1.29 is 9.13 Å². The minimum absolute atomic E-state index is 0.0907. The predicted octanol–water partition coefficient (Wildman–Crippen LogP) is 3.10. The minimum atomic E-state index is -0.193. The lowest BCUT2D eigenvalue weighted by molar-refractivity contribution is 0.207. The highest BCUT2D eigenvalue weighted by Crippen LogP contribution is 2.29. The van der Waals surface area contributed by atoms with Gasteiger partial charge in [0.15, 0.2) is 0 Å². The van der Waals surface area contributed by atoms with Crippen molar-refractivity contribution in [3.05, 3.63) is 41.7 Å². The quantitative estimate of drug-likeness (QED) is 0.621. The highest BCUT2D eigenvalue weighted by Gasteiger charge is 2.20. The van der Waals surface area contributed by atoms with Crippen LogP contribution in [0.25, 0.3) is 0 Å². The molecule has 0 bridgehead atoms. The summed E-state index contributed by atoms with van der Waals surface area (Å²) >= 11 is 0. The van der Waals surface area contributed by atoms with E-state index in [9.17, 15) is 4.39 Å². The van der Waals surface area contributed by atoms with Crippen molar-refractivity contribution in [2.24, 2.45) is 0 Å². The van der Waals surface area contributed by atoms with Crippen molar-refractivity contribution in [3.8, 4) is 5.75 Å². The van der Waals surface area contributed by atoms with Crippen LogP contribution < -0.4 is 4.74 Å². The first kappa shape index (κ1) is 9.25. The Hall–Kier alpha value is -1.31. The van der Waals surface area contributed by atoms with Gasteiger partial charge in [0, 0.05) is 0 Å². The second kappa shape index (κ2) is 3.45. The maximum Gasteiger partial charge on any atom is 0.123 e. The molecule has 0 saturated heterocycles. The molecule has 2 heteroatoms. The lowest BCUT2D eigenvalue weighted by atomic mass is 9.99. The average Bonchev–Trinajstić information content (AvgIpc) is 2.16. The maximum atomic E-state index is 12.9. The molecule has 74 valence electrons. The van der Waals surface area contributed by atoms with Gasteiger partial charge in [-0.05, 0) is 49.1 Å². The number of hydrogen-bond acceptors (Lipinski definition) is 1. The van der Waals surface area contributed by atoms with Gasteiger partial charge in [-0.25, -0.2) is 4.39 Å². The van der Waals surface area contributed by atoms with E-state index in [4.69, 9.17) is 4.74 Å². The molecule has 1 aliphatic rings. The molecule has 1 atom stereocenters. The van der Waals surface area contributed by atoms with Gasteiger partial charge in [-0.1, -0.05) is 6.58 Å². The van der Waals surface area contributed by atoms with E-state index in [0.29, 0.717) is 0 Å². The molecule has 0 saturated carbocycles. The van der Waals surface area contributed by atoms with E-state index in [1.165, 1.54) is 6.07 Å². The molecule has 0 aromatic heterocycles. The smallest absolute Gasteiger partial charge is 0.123 e. The fraction of sp³-hybridized carbons (Fsp3) is 0.333. The summed E-state index contributed by atoms with van der Waals surface area (Å²) in [4.78, 5) is 0. The highest BCUT2D eigenvalue weighted by molar-refractivity contribution is 5.36. The fourth-order valence-electron chi connectivity index (χ4n) is 1.70. The first-order chi connectivity index (χ1) is 6.66. The van der Waals surface area contributed by atoms with Crippen molar-refractivity contribution in [1.82, 2.24) is 0 Å². The summed E-state index contributed by atoms with van der Waals surface area (Å²) in [5, 5.41) is 0. The molecule has 0 N–H and O–H groups in total. The Morgan fingerprint density at radius 2 is 2.36 bits per heavy atom. The van der Waals surface area contributed by atoms with Crippen LogP contribution in [0.1, 0.15) is 18.9 Å². The van der Waals surface area contributed by atoms with Crippen LogP contribution >= 0.6 is 0 Å². The zero-order valence-electron chi connectivity index (χ0n) is 8.22. The number of ether oxygens (including phenoxy) is 1. The van der Waals surface area contributed by atoms with Crippen molar-refractivity contribution in [3.63, 3.8) is 0 Å². The molecule has 0 fully saturated rings. The van der Waals surface area contributed by atoms with E-state index in [0.717, 1.165) is 29.7 Å². The Morgan fingerprint density at radius 3 is 3.07 bits per heavy atom. The first-order valence-corrected chi connectivity index (χ1v) is 4.77. The van der Waals surface area contributed by atoms with Gasteiger partial charge in [0.25, 0.3) is 0 Å². The topological polar surface area (TPSA) is 9.23 Å². The number of halogens is 1. The molecule has 1 aromatic carbocycles. The minimum Gasteiger partial charge on any atom is -0.486 e. The summed E-state index contributed by atoms with van der Waals surface area (Å²) in [5.41, 5.74) is 1.99.